The summed E-state index contributed by atoms with van der Waals surface area (Å²) in [7, 11) is 1.73. The lowest BCUT2D eigenvalue weighted by molar-refractivity contribution is -0.139. The number of nitrogens with one attached hydrogen (secondary N) is 1. The van der Waals surface area contributed by atoms with E-state index < -0.39 is 5.97 Å². The van der Waals surface area contributed by atoms with E-state index in [4.69, 9.17) is 9.84 Å². The van der Waals surface area contributed by atoms with E-state index in [1.165, 1.54) is 5.56 Å². The third kappa shape index (κ3) is 5.61. The zero-order valence-electron chi connectivity index (χ0n) is 14.1. The first-order chi connectivity index (χ1) is 11.1. The minimum Gasteiger partial charge on any atom is -0.480 e. The fourth-order valence-electron chi connectivity index (χ4n) is 3.29. The van der Waals surface area contributed by atoms with Crippen molar-refractivity contribution >= 4 is 5.97 Å². The number of nitrogens with zero attached hydrogens (tertiary/aromatic N) is 1. The van der Waals surface area contributed by atoms with E-state index in [1.54, 1.807) is 7.11 Å². The lowest BCUT2D eigenvalue weighted by atomic mass is 9.84. The van der Waals surface area contributed by atoms with E-state index in [0.717, 1.165) is 25.8 Å². The first-order valence-corrected chi connectivity index (χ1v) is 8.37. The van der Waals surface area contributed by atoms with Gasteiger partial charge in [-0.05, 0) is 31.4 Å². The molecule has 1 aromatic carbocycles. The van der Waals surface area contributed by atoms with Crippen LogP contribution in [0.5, 0.6) is 0 Å². The van der Waals surface area contributed by atoms with Crippen molar-refractivity contribution in [3.05, 3.63) is 35.9 Å². The summed E-state index contributed by atoms with van der Waals surface area (Å²) in [6.07, 6.45) is 2.97. The van der Waals surface area contributed by atoms with E-state index in [9.17, 15) is 4.79 Å². The average molecular weight is 320 g/mol. The van der Waals surface area contributed by atoms with Gasteiger partial charge in [-0.15, -0.1) is 0 Å². The number of aliphatic carboxylic acids is 1. The second-order valence-electron chi connectivity index (χ2n) is 6.29. The summed E-state index contributed by atoms with van der Waals surface area (Å²) < 4.78 is 5.34. The fourth-order valence-corrected chi connectivity index (χ4v) is 3.29. The minimum atomic E-state index is -0.746. The van der Waals surface area contributed by atoms with Crippen LogP contribution >= 0.6 is 0 Å². The molecule has 0 aliphatic heterocycles. The molecular weight excluding hydrogens is 292 g/mol. The van der Waals surface area contributed by atoms with Crippen LogP contribution in [0.4, 0.5) is 0 Å². The first-order valence-electron chi connectivity index (χ1n) is 8.37. The Balaban J connectivity index is 1.80. The van der Waals surface area contributed by atoms with Crippen LogP contribution in [0.3, 0.4) is 0 Å². The molecule has 1 saturated carbocycles. The Kier molecular flexibility index (Phi) is 7.02. The van der Waals surface area contributed by atoms with Crippen molar-refractivity contribution in [1.82, 2.24) is 10.2 Å². The third-order valence-corrected chi connectivity index (χ3v) is 4.54. The maximum Gasteiger partial charge on any atom is 0.317 e. The van der Waals surface area contributed by atoms with E-state index in [2.05, 4.69) is 29.6 Å². The predicted molar refractivity (Wildman–Crippen MR) is 90.6 cm³/mol. The molecule has 1 aliphatic rings. The summed E-state index contributed by atoms with van der Waals surface area (Å²) in [4.78, 5) is 12.9. The molecule has 0 saturated heterocycles. The molecule has 1 fully saturated rings. The largest absolute Gasteiger partial charge is 0.480 e. The first kappa shape index (κ1) is 17.9. The van der Waals surface area contributed by atoms with Crippen molar-refractivity contribution in [1.29, 1.82) is 0 Å². The van der Waals surface area contributed by atoms with Gasteiger partial charge in [-0.2, -0.15) is 0 Å². The lowest BCUT2D eigenvalue weighted by Gasteiger charge is -2.43. The summed E-state index contributed by atoms with van der Waals surface area (Å²) in [5, 5.41) is 12.6. The van der Waals surface area contributed by atoms with Crippen molar-refractivity contribution in [2.75, 3.05) is 26.8 Å². The maximum absolute atomic E-state index is 10.9. The summed E-state index contributed by atoms with van der Waals surface area (Å²) in [6.45, 7) is 3.63. The number of likely N-dealkylation sites (N-methyl/N-ethyl adjacent to an activating group) is 1. The number of hydrogen-bond acceptors (Lipinski definition) is 4. The molecule has 2 N–H and O–H groups in total. The molecule has 1 atom stereocenters. The Bertz CT molecular complexity index is 474. The number of carbonyl (C=O) groups is 1. The monoisotopic (exact) mass is 320 g/mol. The SMILES string of the molecule is CCN(CC(=O)O)C1CC(NC(COC)Cc2ccccc2)C1. The molecule has 1 unspecified atom stereocenters. The van der Waals surface area contributed by atoms with Gasteiger partial charge in [0.2, 0.25) is 0 Å². The van der Waals surface area contributed by atoms with E-state index in [0.29, 0.717) is 24.7 Å². The number of rotatable bonds is 10. The Morgan fingerprint density at radius 1 is 1.39 bits per heavy atom. The van der Waals surface area contributed by atoms with Gasteiger partial charge in [-0.3, -0.25) is 9.69 Å². The van der Waals surface area contributed by atoms with Gasteiger partial charge < -0.3 is 15.2 Å². The molecule has 5 nitrogen and oxygen atoms in total. The second kappa shape index (κ2) is 9.01. The normalized spacial score (nSPS) is 21.9. The van der Waals surface area contributed by atoms with Gasteiger partial charge in [0.25, 0.3) is 0 Å². The number of ether oxygens (including phenoxy) is 1. The van der Waals surface area contributed by atoms with Gasteiger partial charge in [0.1, 0.15) is 0 Å². The van der Waals surface area contributed by atoms with E-state index in [1.807, 2.05) is 17.9 Å². The summed E-state index contributed by atoms with van der Waals surface area (Å²) in [5.74, 6) is -0.746. The Labute approximate surface area is 138 Å². The lowest BCUT2D eigenvalue weighted by Crippen LogP contribution is -2.56. The molecule has 0 aromatic heterocycles. The van der Waals surface area contributed by atoms with Crippen molar-refractivity contribution in [2.24, 2.45) is 0 Å². The summed E-state index contributed by atoms with van der Waals surface area (Å²) in [6, 6.07) is 11.6. The molecule has 0 radical (unpaired) electrons. The highest BCUT2D eigenvalue weighted by atomic mass is 16.5. The second-order valence-corrected chi connectivity index (χ2v) is 6.29. The van der Waals surface area contributed by atoms with Gasteiger partial charge >= 0.3 is 5.97 Å². The van der Waals surface area contributed by atoms with Crippen LogP contribution in [0, 0.1) is 0 Å². The van der Waals surface area contributed by atoms with Crippen molar-refractivity contribution in [3.8, 4) is 0 Å². The van der Waals surface area contributed by atoms with Crippen LogP contribution in [-0.4, -0.2) is 60.9 Å². The highest BCUT2D eigenvalue weighted by Gasteiger charge is 2.34. The van der Waals surface area contributed by atoms with Crippen molar-refractivity contribution < 1.29 is 14.6 Å². The van der Waals surface area contributed by atoms with Gasteiger partial charge in [0.05, 0.1) is 13.2 Å². The maximum atomic E-state index is 10.9. The molecule has 1 aromatic rings. The smallest absolute Gasteiger partial charge is 0.317 e. The van der Waals surface area contributed by atoms with Crippen LogP contribution in [0.15, 0.2) is 30.3 Å². The van der Waals surface area contributed by atoms with Crippen molar-refractivity contribution in [3.63, 3.8) is 0 Å². The molecule has 0 bridgehead atoms. The predicted octanol–water partition coefficient (Wildman–Crippen LogP) is 1.77. The Morgan fingerprint density at radius 2 is 2.09 bits per heavy atom. The van der Waals surface area contributed by atoms with Gasteiger partial charge in [-0.25, -0.2) is 0 Å². The van der Waals surface area contributed by atoms with Crippen LogP contribution in [-0.2, 0) is 16.0 Å². The Hall–Kier alpha value is -1.43. The molecule has 0 amide bonds. The molecule has 23 heavy (non-hydrogen) atoms. The van der Waals surface area contributed by atoms with Crippen molar-refractivity contribution in [2.45, 2.75) is 44.3 Å². The molecule has 1 aliphatic carbocycles. The van der Waals surface area contributed by atoms with Crippen LogP contribution < -0.4 is 5.32 Å². The molecule has 0 heterocycles. The number of benzene rings is 1. The zero-order valence-corrected chi connectivity index (χ0v) is 14.1. The molecule has 128 valence electrons. The standard InChI is InChI=1S/C18H28N2O3/c1-3-20(12-18(21)22)17-10-15(11-17)19-16(13-23-2)9-14-7-5-4-6-8-14/h4-8,15-17,19H,3,9-13H2,1-2H3,(H,21,22). The van der Waals surface area contributed by atoms with Crippen LogP contribution in [0.2, 0.25) is 0 Å². The number of methoxy groups -OCH3 is 1. The number of hydrogen-bond donors (Lipinski definition) is 2. The molecule has 5 heteroatoms. The van der Waals surface area contributed by atoms with Gasteiger partial charge in [0.15, 0.2) is 0 Å². The van der Waals surface area contributed by atoms with E-state index in [-0.39, 0.29) is 6.54 Å². The Morgan fingerprint density at radius 3 is 2.65 bits per heavy atom. The minimum absolute atomic E-state index is 0.138. The van der Waals surface area contributed by atoms with Gasteiger partial charge in [0, 0.05) is 25.2 Å². The van der Waals surface area contributed by atoms with E-state index >= 15 is 0 Å². The topological polar surface area (TPSA) is 61.8 Å². The fraction of sp³-hybridized carbons (Fsp3) is 0.611. The molecule has 2 rings (SSSR count). The highest BCUT2D eigenvalue weighted by Crippen LogP contribution is 2.26. The van der Waals surface area contributed by atoms with Crippen LogP contribution in [0.1, 0.15) is 25.3 Å². The quantitative estimate of drug-likeness (QED) is 0.688. The summed E-state index contributed by atoms with van der Waals surface area (Å²) in [5.41, 5.74) is 1.30. The molecular formula is C18H28N2O3. The molecule has 0 spiro atoms. The highest BCUT2D eigenvalue weighted by molar-refractivity contribution is 5.69. The number of carboxylic acids is 1. The number of carboxylic acid groups (broad SMARTS) is 1. The summed E-state index contributed by atoms with van der Waals surface area (Å²) >= 11 is 0. The van der Waals surface area contributed by atoms with Gasteiger partial charge in [-0.1, -0.05) is 37.3 Å². The average Bonchev–Trinajstić information content (AvgIpc) is 2.49. The third-order valence-electron chi connectivity index (χ3n) is 4.54. The van der Waals surface area contributed by atoms with Crippen LogP contribution in [0.25, 0.3) is 0 Å². The zero-order chi connectivity index (χ0) is 16.7.